The van der Waals surface area contributed by atoms with E-state index in [-0.39, 0.29) is 17.2 Å². The van der Waals surface area contributed by atoms with E-state index >= 15 is 0 Å². The number of H-pyrrole nitrogens is 1. The molecular formula is C14H16N4O2. The largest absolute Gasteiger partial charge is 0.332 e. The molecule has 2 rings (SSSR count). The summed E-state index contributed by atoms with van der Waals surface area (Å²) in [5.74, 6) is -0.230. The first-order chi connectivity index (χ1) is 9.60. The van der Waals surface area contributed by atoms with E-state index in [1.165, 1.54) is 12.1 Å². The van der Waals surface area contributed by atoms with Crippen LogP contribution in [0, 0.1) is 6.92 Å². The van der Waals surface area contributed by atoms with Gasteiger partial charge in [-0.05, 0) is 32.0 Å². The predicted octanol–water partition coefficient (Wildman–Crippen LogP) is 1.14. The minimum atomic E-state index is -0.329. The molecule has 2 aromatic heterocycles. The van der Waals surface area contributed by atoms with Gasteiger partial charge in [0.2, 0.25) is 0 Å². The lowest BCUT2D eigenvalue weighted by molar-refractivity contribution is 0.0743. The molecule has 0 aliphatic carbocycles. The van der Waals surface area contributed by atoms with E-state index < -0.39 is 0 Å². The molecular weight excluding hydrogens is 256 g/mol. The van der Waals surface area contributed by atoms with Crippen molar-refractivity contribution >= 4 is 5.91 Å². The molecule has 0 saturated heterocycles. The van der Waals surface area contributed by atoms with Crippen LogP contribution < -0.4 is 5.56 Å². The lowest BCUT2D eigenvalue weighted by atomic mass is 10.2. The highest BCUT2D eigenvalue weighted by Gasteiger charge is 2.16. The number of nitrogens with zero attached hydrogens (tertiary/aromatic N) is 3. The van der Waals surface area contributed by atoms with Gasteiger partial charge in [-0.25, -0.2) is 5.10 Å². The number of pyridine rings is 1. The van der Waals surface area contributed by atoms with E-state index in [1.807, 2.05) is 32.0 Å². The number of nitrogens with one attached hydrogen (secondary N) is 1. The van der Waals surface area contributed by atoms with Crippen LogP contribution in [-0.2, 0) is 6.54 Å². The molecule has 1 N–H and O–H groups in total. The Bertz CT molecular complexity index is 646. The second-order valence-corrected chi connectivity index (χ2v) is 4.40. The SMILES string of the molecule is CCN(Cc1cccc(C)n1)C(=O)c1ccc(=O)[nH]n1. The van der Waals surface area contributed by atoms with Crippen molar-refractivity contribution in [2.24, 2.45) is 0 Å². The summed E-state index contributed by atoms with van der Waals surface area (Å²) in [4.78, 5) is 29.3. The molecule has 0 aliphatic rings. The summed E-state index contributed by atoms with van der Waals surface area (Å²) in [6.07, 6.45) is 0. The molecule has 0 radical (unpaired) electrons. The Morgan fingerprint density at radius 1 is 1.30 bits per heavy atom. The molecule has 0 bridgehead atoms. The molecule has 6 heteroatoms. The first kappa shape index (κ1) is 13.9. The molecule has 0 saturated carbocycles. The molecule has 0 atom stereocenters. The van der Waals surface area contributed by atoms with Crippen LogP contribution in [0.15, 0.2) is 35.1 Å². The van der Waals surface area contributed by atoms with E-state index in [1.54, 1.807) is 4.90 Å². The van der Waals surface area contributed by atoms with E-state index in [2.05, 4.69) is 15.2 Å². The Morgan fingerprint density at radius 2 is 2.10 bits per heavy atom. The highest BCUT2D eigenvalue weighted by Crippen LogP contribution is 2.06. The zero-order valence-corrected chi connectivity index (χ0v) is 11.5. The monoisotopic (exact) mass is 272 g/mol. The van der Waals surface area contributed by atoms with Gasteiger partial charge in [-0.1, -0.05) is 6.07 Å². The van der Waals surface area contributed by atoms with Crippen molar-refractivity contribution in [2.45, 2.75) is 20.4 Å². The summed E-state index contributed by atoms with van der Waals surface area (Å²) >= 11 is 0. The van der Waals surface area contributed by atoms with Crippen molar-refractivity contribution in [3.05, 3.63) is 57.8 Å². The summed E-state index contributed by atoms with van der Waals surface area (Å²) in [6, 6.07) is 8.41. The number of amides is 1. The third kappa shape index (κ3) is 3.28. The van der Waals surface area contributed by atoms with Gasteiger partial charge < -0.3 is 4.90 Å². The fourth-order valence-electron chi connectivity index (χ4n) is 1.84. The number of hydrogen-bond acceptors (Lipinski definition) is 4. The van der Waals surface area contributed by atoms with Crippen LogP contribution in [0.3, 0.4) is 0 Å². The van der Waals surface area contributed by atoms with Gasteiger partial charge >= 0.3 is 0 Å². The molecule has 1 amide bonds. The number of aromatic amines is 1. The number of aromatic nitrogens is 3. The van der Waals surface area contributed by atoms with Crippen LogP contribution in [0.1, 0.15) is 28.8 Å². The average Bonchev–Trinajstić information content (AvgIpc) is 2.45. The Balaban J connectivity index is 2.17. The van der Waals surface area contributed by atoms with Crippen LogP contribution >= 0.6 is 0 Å². The minimum absolute atomic E-state index is 0.221. The Labute approximate surface area is 116 Å². The predicted molar refractivity (Wildman–Crippen MR) is 74.2 cm³/mol. The van der Waals surface area contributed by atoms with E-state index in [9.17, 15) is 9.59 Å². The molecule has 2 heterocycles. The Morgan fingerprint density at radius 3 is 2.70 bits per heavy atom. The van der Waals surface area contributed by atoms with Crippen LogP contribution in [0.25, 0.3) is 0 Å². The molecule has 20 heavy (non-hydrogen) atoms. The molecule has 104 valence electrons. The van der Waals surface area contributed by atoms with Crippen molar-refractivity contribution in [3.63, 3.8) is 0 Å². The lowest BCUT2D eigenvalue weighted by Crippen LogP contribution is -2.32. The molecule has 2 aromatic rings. The Kier molecular flexibility index (Phi) is 4.24. The van der Waals surface area contributed by atoms with Crippen molar-refractivity contribution in [1.82, 2.24) is 20.1 Å². The lowest BCUT2D eigenvalue weighted by Gasteiger charge is -2.19. The smallest absolute Gasteiger partial charge is 0.274 e. The zero-order valence-electron chi connectivity index (χ0n) is 11.5. The first-order valence-corrected chi connectivity index (χ1v) is 6.37. The second-order valence-electron chi connectivity index (χ2n) is 4.40. The number of aryl methyl sites for hydroxylation is 1. The quantitative estimate of drug-likeness (QED) is 0.905. The third-order valence-electron chi connectivity index (χ3n) is 2.87. The average molecular weight is 272 g/mol. The van der Waals surface area contributed by atoms with Gasteiger partial charge in [-0.2, -0.15) is 5.10 Å². The van der Waals surface area contributed by atoms with Crippen molar-refractivity contribution in [1.29, 1.82) is 0 Å². The van der Waals surface area contributed by atoms with Crippen molar-refractivity contribution in [3.8, 4) is 0 Å². The van der Waals surface area contributed by atoms with Gasteiger partial charge in [0.1, 0.15) is 5.69 Å². The summed E-state index contributed by atoms with van der Waals surface area (Å²) < 4.78 is 0. The van der Waals surface area contributed by atoms with Crippen molar-refractivity contribution in [2.75, 3.05) is 6.54 Å². The highest BCUT2D eigenvalue weighted by atomic mass is 16.2. The second kappa shape index (κ2) is 6.10. The normalized spacial score (nSPS) is 10.3. The Hall–Kier alpha value is -2.50. The van der Waals surface area contributed by atoms with Gasteiger partial charge in [0.05, 0.1) is 12.2 Å². The summed E-state index contributed by atoms with van der Waals surface area (Å²) in [5, 5.41) is 6.02. The van der Waals surface area contributed by atoms with E-state index in [4.69, 9.17) is 0 Å². The molecule has 0 spiro atoms. The van der Waals surface area contributed by atoms with Gasteiger partial charge in [-0.15, -0.1) is 0 Å². The molecule has 0 unspecified atom stereocenters. The van der Waals surface area contributed by atoms with Crippen LogP contribution in [0.4, 0.5) is 0 Å². The molecule has 0 fully saturated rings. The topological polar surface area (TPSA) is 79.0 Å². The molecule has 6 nitrogen and oxygen atoms in total. The number of rotatable bonds is 4. The minimum Gasteiger partial charge on any atom is -0.332 e. The molecule has 0 aliphatic heterocycles. The fraction of sp³-hybridized carbons (Fsp3) is 0.286. The van der Waals surface area contributed by atoms with E-state index in [0.717, 1.165) is 11.4 Å². The van der Waals surface area contributed by atoms with Crippen molar-refractivity contribution < 1.29 is 4.79 Å². The summed E-state index contributed by atoms with van der Waals surface area (Å²) in [6.45, 7) is 4.75. The van der Waals surface area contributed by atoms with Crippen LogP contribution in [0.5, 0.6) is 0 Å². The maximum absolute atomic E-state index is 12.3. The number of carbonyl (C=O) groups excluding carboxylic acids is 1. The van der Waals surface area contributed by atoms with Gasteiger partial charge in [-0.3, -0.25) is 14.6 Å². The number of carbonyl (C=O) groups is 1. The fourth-order valence-corrected chi connectivity index (χ4v) is 1.84. The maximum Gasteiger partial charge on any atom is 0.274 e. The maximum atomic E-state index is 12.3. The zero-order chi connectivity index (χ0) is 14.5. The summed E-state index contributed by atoms with van der Waals surface area (Å²) in [5.41, 5.74) is 1.63. The number of hydrogen-bond donors (Lipinski definition) is 1. The standard InChI is InChI=1S/C14H16N4O2/c1-3-18(9-11-6-4-5-10(2)15-11)14(20)12-7-8-13(19)17-16-12/h4-8H,3,9H2,1-2H3,(H,17,19). The van der Waals surface area contributed by atoms with Gasteiger partial charge in [0.15, 0.2) is 0 Å². The van der Waals surface area contributed by atoms with Crippen LogP contribution in [-0.4, -0.2) is 32.5 Å². The third-order valence-corrected chi connectivity index (χ3v) is 2.87. The first-order valence-electron chi connectivity index (χ1n) is 6.37. The van der Waals surface area contributed by atoms with Gasteiger partial charge in [0, 0.05) is 18.3 Å². The molecule has 0 aromatic carbocycles. The van der Waals surface area contributed by atoms with Gasteiger partial charge in [0.25, 0.3) is 11.5 Å². The highest BCUT2D eigenvalue weighted by molar-refractivity contribution is 5.92. The van der Waals surface area contributed by atoms with E-state index in [0.29, 0.717) is 13.1 Å². The van der Waals surface area contributed by atoms with Crippen LogP contribution in [0.2, 0.25) is 0 Å². The summed E-state index contributed by atoms with van der Waals surface area (Å²) in [7, 11) is 0.